The summed E-state index contributed by atoms with van der Waals surface area (Å²) in [5, 5.41) is 0.640. The molecule has 0 aliphatic carbocycles. The normalized spacial score (nSPS) is 11.7. The molecule has 0 amide bonds. The fraction of sp³-hybridized carbons (Fsp3) is 0.118. The lowest BCUT2D eigenvalue weighted by Gasteiger charge is -2.06. The Morgan fingerprint density at radius 1 is 1.09 bits per heavy atom. The van der Waals surface area contributed by atoms with E-state index in [0.29, 0.717) is 39.9 Å². The van der Waals surface area contributed by atoms with E-state index >= 15 is 0 Å². The maximum Gasteiger partial charge on any atom is 0.416 e. The van der Waals surface area contributed by atoms with Crippen LogP contribution in [0, 0.1) is 0 Å². The van der Waals surface area contributed by atoms with Crippen LogP contribution in [0.25, 0.3) is 22.3 Å². The van der Waals surface area contributed by atoms with Gasteiger partial charge in [-0.05, 0) is 30.3 Å². The summed E-state index contributed by atoms with van der Waals surface area (Å²) in [6.45, 7) is 0. The van der Waals surface area contributed by atoms with Gasteiger partial charge in [0.1, 0.15) is 12.0 Å². The number of ether oxygens (including phenoxy) is 1. The highest BCUT2D eigenvalue weighted by molar-refractivity contribution is 5.92. The summed E-state index contributed by atoms with van der Waals surface area (Å²) < 4.78 is 48.7. The van der Waals surface area contributed by atoms with Gasteiger partial charge in [0.05, 0.1) is 12.7 Å². The van der Waals surface area contributed by atoms with Crippen molar-refractivity contribution in [2.24, 2.45) is 0 Å². The minimum Gasteiger partial charge on any atom is -0.493 e. The molecule has 0 aliphatic heterocycles. The Hall–Kier alpha value is -2.76. The van der Waals surface area contributed by atoms with E-state index in [1.807, 2.05) is 0 Å². The number of carbonyl (C=O) groups excluding carboxylic acids is 1. The topological polar surface area (TPSA) is 39.4 Å². The zero-order valence-electron chi connectivity index (χ0n) is 12.0. The zero-order valence-corrected chi connectivity index (χ0v) is 12.0. The highest BCUT2D eigenvalue weighted by Crippen LogP contribution is 2.36. The van der Waals surface area contributed by atoms with E-state index < -0.39 is 11.7 Å². The van der Waals surface area contributed by atoms with Crippen molar-refractivity contribution in [3.8, 4) is 17.1 Å². The molecule has 0 aliphatic rings. The molecule has 1 heterocycles. The van der Waals surface area contributed by atoms with E-state index in [0.717, 1.165) is 12.1 Å². The number of alkyl halides is 3. The number of halogens is 3. The van der Waals surface area contributed by atoms with Crippen LogP contribution < -0.4 is 4.74 Å². The minimum atomic E-state index is -4.38. The molecule has 0 N–H and O–H groups in total. The van der Waals surface area contributed by atoms with Crippen LogP contribution in [-0.2, 0) is 6.18 Å². The number of hydrogen-bond donors (Lipinski definition) is 0. The first kappa shape index (κ1) is 15.1. The number of benzene rings is 2. The molecular weight excluding hydrogens is 309 g/mol. The predicted molar refractivity (Wildman–Crippen MR) is 78.6 cm³/mol. The van der Waals surface area contributed by atoms with Gasteiger partial charge in [0.15, 0.2) is 11.3 Å². The van der Waals surface area contributed by atoms with Crippen molar-refractivity contribution >= 4 is 17.3 Å². The molecule has 3 aromatic rings. The molecule has 0 unspecified atom stereocenters. The van der Waals surface area contributed by atoms with Gasteiger partial charge < -0.3 is 9.15 Å². The fourth-order valence-electron chi connectivity index (χ4n) is 2.33. The van der Waals surface area contributed by atoms with Crippen molar-refractivity contribution in [3.05, 3.63) is 53.6 Å². The van der Waals surface area contributed by atoms with E-state index in [4.69, 9.17) is 9.15 Å². The van der Waals surface area contributed by atoms with Gasteiger partial charge in [-0.1, -0.05) is 12.1 Å². The first-order valence-corrected chi connectivity index (χ1v) is 6.67. The molecule has 3 nitrogen and oxygen atoms in total. The zero-order chi connectivity index (χ0) is 16.6. The summed E-state index contributed by atoms with van der Waals surface area (Å²) in [4.78, 5) is 10.9. The second kappa shape index (κ2) is 5.46. The summed E-state index contributed by atoms with van der Waals surface area (Å²) in [5.74, 6) is 0.790. The number of methoxy groups -OCH3 is 1. The third-order valence-electron chi connectivity index (χ3n) is 3.46. The van der Waals surface area contributed by atoms with Crippen molar-refractivity contribution in [1.29, 1.82) is 0 Å². The van der Waals surface area contributed by atoms with Crippen molar-refractivity contribution in [1.82, 2.24) is 0 Å². The van der Waals surface area contributed by atoms with Gasteiger partial charge in [-0.25, -0.2) is 0 Å². The van der Waals surface area contributed by atoms with Crippen LogP contribution in [-0.4, -0.2) is 13.4 Å². The highest BCUT2D eigenvalue weighted by Gasteiger charge is 2.30. The summed E-state index contributed by atoms with van der Waals surface area (Å²) in [6, 6.07) is 9.50. The molecule has 0 saturated carbocycles. The molecule has 0 atom stereocenters. The predicted octanol–water partition coefficient (Wildman–Crippen LogP) is 4.94. The summed E-state index contributed by atoms with van der Waals surface area (Å²) >= 11 is 0. The molecule has 0 spiro atoms. The number of carbonyl (C=O) groups is 1. The summed E-state index contributed by atoms with van der Waals surface area (Å²) in [6.07, 6.45) is -3.69. The third kappa shape index (κ3) is 2.79. The number of aldehydes is 1. The Balaban J connectivity index is 2.08. The van der Waals surface area contributed by atoms with Crippen LogP contribution in [0.15, 0.2) is 46.9 Å². The van der Waals surface area contributed by atoms with Gasteiger partial charge in [-0.15, -0.1) is 0 Å². The maximum atomic E-state index is 12.6. The molecule has 2 aromatic carbocycles. The molecular formula is C17H11F3O3. The lowest BCUT2D eigenvalue weighted by atomic mass is 10.1. The van der Waals surface area contributed by atoms with Crippen LogP contribution in [0.1, 0.15) is 15.9 Å². The van der Waals surface area contributed by atoms with E-state index in [2.05, 4.69) is 0 Å². The molecule has 1 aromatic heterocycles. The first-order valence-electron chi connectivity index (χ1n) is 6.67. The lowest BCUT2D eigenvalue weighted by Crippen LogP contribution is -2.03. The Kier molecular flexibility index (Phi) is 3.60. The minimum absolute atomic E-state index is 0.391. The lowest BCUT2D eigenvalue weighted by molar-refractivity contribution is -0.137. The molecule has 3 rings (SSSR count). The molecule has 0 radical (unpaired) electrons. The van der Waals surface area contributed by atoms with Gasteiger partial charge >= 0.3 is 6.18 Å². The van der Waals surface area contributed by atoms with Gasteiger partial charge in [0, 0.05) is 16.5 Å². The second-order valence-corrected chi connectivity index (χ2v) is 4.95. The van der Waals surface area contributed by atoms with Gasteiger partial charge in [0.25, 0.3) is 0 Å². The van der Waals surface area contributed by atoms with E-state index in [1.165, 1.54) is 25.3 Å². The van der Waals surface area contributed by atoms with Gasteiger partial charge in [0.2, 0.25) is 0 Å². The Bertz CT molecular complexity index is 861. The van der Waals surface area contributed by atoms with E-state index in [9.17, 15) is 18.0 Å². The molecule has 0 saturated heterocycles. The van der Waals surface area contributed by atoms with Crippen LogP contribution in [0.2, 0.25) is 0 Å². The van der Waals surface area contributed by atoms with Crippen LogP contribution >= 0.6 is 0 Å². The molecule has 0 bridgehead atoms. The van der Waals surface area contributed by atoms with Gasteiger partial charge in [-0.3, -0.25) is 4.79 Å². The second-order valence-electron chi connectivity index (χ2n) is 4.95. The number of hydrogen-bond acceptors (Lipinski definition) is 3. The van der Waals surface area contributed by atoms with Crippen molar-refractivity contribution < 1.29 is 27.1 Å². The number of furan rings is 1. The standard InChI is InChI=1S/C17H11F3O3/c1-22-15-7-10(9-21)6-12-8-14(23-16(12)15)11-2-4-13(5-3-11)17(18,19)20/h2-9H,1H3. The first-order chi connectivity index (χ1) is 10.9. The fourth-order valence-corrected chi connectivity index (χ4v) is 2.33. The van der Waals surface area contributed by atoms with Gasteiger partial charge in [-0.2, -0.15) is 13.2 Å². The highest BCUT2D eigenvalue weighted by atomic mass is 19.4. The summed E-state index contributed by atoms with van der Waals surface area (Å²) in [5.41, 5.74) is 0.643. The maximum absolute atomic E-state index is 12.6. The number of rotatable bonds is 3. The number of fused-ring (bicyclic) bond motifs is 1. The Morgan fingerprint density at radius 3 is 2.35 bits per heavy atom. The average Bonchev–Trinajstić information content (AvgIpc) is 2.97. The average molecular weight is 320 g/mol. The van der Waals surface area contributed by atoms with Crippen molar-refractivity contribution in [2.45, 2.75) is 6.18 Å². The largest absolute Gasteiger partial charge is 0.493 e. The van der Waals surface area contributed by atoms with Crippen LogP contribution in [0.4, 0.5) is 13.2 Å². The van der Waals surface area contributed by atoms with E-state index in [1.54, 1.807) is 12.1 Å². The van der Waals surface area contributed by atoms with Crippen LogP contribution in [0.3, 0.4) is 0 Å². The smallest absolute Gasteiger partial charge is 0.416 e. The summed E-state index contributed by atoms with van der Waals surface area (Å²) in [7, 11) is 1.45. The quantitative estimate of drug-likeness (QED) is 0.642. The Morgan fingerprint density at radius 2 is 1.78 bits per heavy atom. The van der Waals surface area contributed by atoms with Crippen LogP contribution in [0.5, 0.6) is 5.75 Å². The monoisotopic (exact) mass is 320 g/mol. The molecule has 6 heteroatoms. The SMILES string of the molecule is COc1cc(C=O)cc2cc(-c3ccc(C(F)(F)F)cc3)oc12. The van der Waals surface area contributed by atoms with Crippen molar-refractivity contribution in [3.63, 3.8) is 0 Å². The molecule has 118 valence electrons. The molecule has 23 heavy (non-hydrogen) atoms. The van der Waals surface area contributed by atoms with Crippen molar-refractivity contribution in [2.75, 3.05) is 7.11 Å². The molecule has 0 fully saturated rings. The third-order valence-corrected chi connectivity index (χ3v) is 3.46. The van der Waals surface area contributed by atoms with E-state index in [-0.39, 0.29) is 0 Å². The Labute approximate surface area is 129 Å².